The van der Waals surface area contributed by atoms with Gasteiger partial charge in [-0.3, -0.25) is 4.79 Å². The first kappa shape index (κ1) is 18.1. The van der Waals surface area contributed by atoms with Crippen LogP contribution in [-0.2, 0) is 4.79 Å². The average molecular weight is 290 g/mol. The maximum Gasteiger partial charge on any atom is 0.314 e. The van der Waals surface area contributed by atoms with E-state index in [1.54, 1.807) is 11.8 Å². The molecule has 0 aromatic carbocycles. The fourth-order valence-electron chi connectivity index (χ4n) is 1.63. The van der Waals surface area contributed by atoms with Crippen LogP contribution in [0.15, 0.2) is 0 Å². The van der Waals surface area contributed by atoms with Crippen LogP contribution in [0.25, 0.3) is 0 Å². The molecule has 1 atom stereocenters. The van der Waals surface area contributed by atoms with Gasteiger partial charge in [0.05, 0.1) is 0 Å². The molecular formula is C13H26N2O3S. The summed E-state index contributed by atoms with van der Waals surface area (Å²) in [5.41, 5.74) is 0. The van der Waals surface area contributed by atoms with E-state index in [9.17, 15) is 9.59 Å². The molecule has 19 heavy (non-hydrogen) atoms. The SMILES string of the molecule is CSCC(C)CNC(=O)NCCCCCCC(=O)O. The summed E-state index contributed by atoms with van der Waals surface area (Å²) in [6.07, 6.45) is 5.76. The minimum atomic E-state index is -0.739. The zero-order chi connectivity index (χ0) is 14.5. The molecule has 0 saturated carbocycles. The number of carboxylic acid groups (broad SMARTS) is 1. The molecule has 0 spiro atoms. The van der Waals surface area contributed by atoms with E-state index < -0.39 is 5.97 Å². The van der Waals surface area contributed by atoms with Gasteiger partial charge in [-0.25, -0.2) is 4.79 Å². The Bertz CT molecular complexity index is 262. The molecular weight excluding hydrogens is 264 g/mol. The lowest BCUT2D eigenvalue weighted by molar-refractivity contribution is -0.137. The van der Waals surface area contributed by atoms with Crippen molar-refractivity contribution in [1.82, 2.24) is 10.6 Å². The van der Waals surface area contributed by atoms with Gasteiger partial charge in [0.25, 0.3) is 0 Å². The number of nitrogens with one attached hydrogen (secondary N) is 2. The molecule has 0 aromatic heterocycles. The van der Waals surface area contributed by atoms with E-state index in [0.717, 1.165) is 25.0 Å². The molecule has 0 heterocycles. The van der Waals surface area contributed by atoms with Gasteiger partial charge in [0.2, 0.25) is 0 Å². The van der Waals surface area contributed by atoms with Crippen molar-refractivity contribution in [3.8, 4) is 0 Å². The fourth-order valence-corrected chi connectivity index (χ4v) is 2.32. The highest BCUT2D eigenvalue weighted by Crippen LogP contribution is 2.03. The maximum absolute atomic E-state index is 11.4. The Kier molecular flexibility index (Phi) is 11.6. The normalized spacial score (nSPS) is 11.9. The van der Waals surface area contributed by atoms with Gasteiger partial charge in [-0.2, -0.15) is 11.8 Å². The van der Waals surface area contributed by atoms with Crippen LogP contribution in [0.3, 0.4) is 0 Å². The number of urea groups is 1. The van der Waals surface area contributed by atoms with E-state index in [1.165, 1.54) is 0 Å². The first-order valence-electron chi connectivity index (χ1n) is 6.78. The van der Waals surface area contributed by atoms with Crippen molar-refractivity contribution < 1.29 is 14.7 Å². The Morgan fingerprint density at radius 3 is 2.47 bits per heavy atom. The summed E-state index contributed by atoms with van der Waals surface area (Å²) in [5.74, 6) is 0.790. The summed E-state index contributed by atoms with van der Waals surface area (Å²) < 4.78 is 0. The van der Waals surface area contributed by atoms with Crippen LogP contribution in [0.2, 0.25) is 0 Å². The van der Waals surface area contributed by atoms with E-state index in [4.69, 9.17) is 5.11 Å². The van der Waals surface area contributed by atoms with Crippen LogP contribution in [0.1, 0.15) is 39.0 Å². The summed E-state index contributed by atoms with van der Waals surface area (Å²) in [5, 5.41) is 14.1. The number of hydrogen-bond acceptors (Lipinski definition) is 3. The van der Waals surface area contributed by atoms with Crippen LogP contribution in [0, 0.1) is 5.92 Å². The Balaban J connectivity index is 3.31. The van der Waals surface area contributed by atoms with Crippen molar-refractivity contribution in [2.75, 3.05) is 25.1 Å². The standard InChI is InChI=1S/C13H26N2O3S/c1-11(10-19-2)9-15-13(18)14-8-6-4-3-5-7-12(16)17/h11H,3-10H2,1-2H3,(H,16,17)(H2,14,15,18). The lowest BCUT2D eigenvalue weighted by Crippen LogP contribution is -2.38. The molecule has 0 fully saturated rings. The molecule has 0 aliphatic heterocycles. The van der Waals surface area contributed by atoms with E-state index in [2.05, 4.69) is 23.8 Å². The molecule has 112 valence electrons. The Hall–Kier alpha value is -0.910. The Morgan fingerprint density at radius 1 is 1.16 bits per heavy atom. The number of rotatable bonds is 11. The van der Waals surface area contributed by atoms with Crippen LogP contribution < -0.4 is 10.6 Å². The third-order valence-electron chi connectivity index (χ3n) is 2.67. The van der Waals surface area contributed by atoms with Crippen molar-refractivity contribution in [1.29, 1.82) is 0 Å². The van der Waals surface area contributed by atoms with Gasteiger partial charge in [-0.1, -0.05) is 19.8 Å². The van der Waals surface area contributed by atoms with Gasteiger partial charge < -0.3 is 15.7 Å². The van der Waals surface area contributed by atoms with Gasteiger partial charge in [-0.15, -0.1) is 0 Å². The Labute approximate surface area is 119 Å². The second kappa shape index (κ2) is 12.1. The van der Waals surface area contributed by atoms with Crippen LogP contribution in [0.5, 0.6) is 0 Å². The van der Waals surface area contributed by atoms with Crippen LogP contribution in [0.4, 0.5) is 4.79 Å². The number of carbonyl (C=O) groups excluding carboxylic acids is 1. The van der Waals surface area contributed by atoms with Crippen molar-refractivity contribution >= 4 is 23.8 Å². The first-order chi connectivity index (χ1) is 9.06. The van der Waals surface area contributed by atoms with E-state index in [-0.39, 0.29) is 12.5 Å². The van der Waals surface area contributed by atoms with Gasteiger partial charge in [0.15, 0.2) is 0 Å². The summed E-state index contributed by atoms with van der Waals surface area (Å²) >= 11 is 1.78. The van der Waals surface area contributed by atoms with Crippen molar-refractivity contribution in [2.24, 2.45) is 5.92 Å². The highest BCUT2D eigenvalue weighted by Gasteiger charge is 2.04. The second-order valence-corrected chi connectivity index (χ2v) is 5.67. The molecule has 6 heteroatoms. The number of unbranched alkanes of at least 4 members (excludes halogenated alkanes) is 3. The number of carbonyl (C=O) groups is 2. The van der Waals surface area contributed by atoms with Crippen LogP contribution in [-0.4, -0.2) is 42.2 Å². The summed E-state index contributed by atoms with van der Waals surface area (Å²) in [7, 11) is 0. The molecule has 0 aromatic rings. The first-order valence-corrected chi connectivity index (χ1v) is 8.18. The molecule has 0 aliphatic rings. The quantitative estimate of drug-likeness (QED) is 0.510. The molecule has 3 N–H and O–H groups in total. The van der Waals surface area contributed by atoms with Crippen molar-refractivity contribution in [2.45, 2.75) is 39.0 Å². The number of hydrogen-bond donors (Lipinski definition) is 3. The average Bonchev–Trinajstić information content (AvgIpc) is 2.35. The van der Waals surface area contributed by atoms with Crippen LogP contribution >= 0.6 is 11.8 Å². The third-order valence-corrected chi connectivity index (χ3v) is 3.57. The number of carboxylic acids is 1. The molecule has 0 bridgehead atoms. The predicted molar refractivity (Wildman–Crippen MR) is 79.7 cm³/mol. The number of amides is 2. The minimum absolute atomic E-state index is 0.113. The van der Waals surface area contributed by atoms with Crippen molar-refractivity contribution in [3.63, 3.8) is 0 Å². The zero-order valence-corrected chi connectivity index (χ0v) is 12.7. The lowest BCUT2D eigenvalue weighted by Gasteiger charge is -2.12. The molecule has 0 saturated heterocycles. The topological polar surface area (TPSA) is 78.4 Å². The molecule has 0 radical (unpaired) electrons. The van der Waals surface area contributed by atoms with Gasteiger partial charge in [0.1, 0.15) is 0 Å². The summed E-state index contributed by atoms with van der Waals surface area (Å²) in [4.78, 5) is 21.7. The zero-order valence-electron chi connectivity index (χ0n) is 11.9. The summed E-state index contributed by atoms with van der Waals surface area (Å²) in [6, 6.07) is -0.113. The molecule has 0 aliphatic carbocycles. The molecule has 5 nitrogen and oxygen atoms in total. The van der Waals surface area contributed by atoms with E-state index in [0.29, 0.717) is 25.4 Å². The summed E-state index contributed by atoms with van der Waals surface area (Å²) in [6.45, 7) is 3.46. The van der Waals surface area contributed by atoms with Gasteiger partial charge in [-0.05, 0) is 30.8 Å². The monoisotopic (exact) mass is 290 g/mol. The largest absolute Gasteiger partial charge is 0.481 e. The van der Waals surface area contributed by atoms with Gasteiger partial charge >= 0.3 is 12.0 Å². The Morgan fingerprint density at radius 2 is 1.84 bits per heavy atom. The number of aliphatic carboxylic acids is 1. The maximum atomic E-state index is 11.4. The second-order valence-electron chi connectivity index (χ2n) is 4.76. The fraction of sp³-hybridized carbons (Fsp3) is 0.846. The third kappa shape index (κ3) is 13.3. The number of thioether (sulfide) groups is 1. The van der Waals surface area contributed by atoms with E-state index >= 15 is 0 Å². The van der Waals surface area contributed by atoms with E-state index in [1.807, 2.05) is 0 Å². The highest BCUT2D eigenvalue weighted by molar-refractivity contribution is 7.98. The molecule has 1 unspecified atom stereocenters. The smallest absolute Gasteiger partial charge is 0.314 e. The highest BCUT2D eigenvalue weighted by atomic mass is 32.2. The van der Waals surface area contributed by atoms with Gasteiger partial charge in [0, 0.05) is 19.5 Å². The minimum Gasteiger partial charge on any atom is -0.481 e. The molecule has 2 amide bonds. The van der Waals surface area contributed by atoms with Crippen molar-refractivity contribution in [3.05, 3.63) is 0 Å². The lowest BCUT2D eigenvalue weighted by atomic mass is 10.1. The predicted octanol–water partition coefficient (Wildman–Crippen LogP) is 2.32. The molecule has 0 rings (SSSR count).